The monoisotopic (exact) mass is 191 g/mol. The highest BCUT2D eigenvalue weighted by Gasteiger charge is 2.39. The minimum absolute atomic E-state index is 0.128. The van der Waals surface area contributed by atoms with Gasteiger partial charge < -0.3 is 0 Å². The van der Waals surface area contributed by atoms with Crippen LogP contribution in [0.25, 0.3) is 0 Å². The summed E-state index contributed by atoms with van der Waals surface area (Å²) in [5, 5.41) is 0. The molecule has 0 bridgehead atoms. The Morgan fingerprint density at radius 2 is 1.92 bits per heavy atom. The number of hydrogen-bond donors (Lipinski definition) is 0. The molecule has 72 valence electrons. The van der Waals surface area contributed by atoms with Crippen molar-refractivity contribution in [3.8, 4) is 0 Å². The summed E-state index contributed by atoms with van der Waals surface area (Å²) in [6.07, 6.45) is 1.28. The molecular formula is C8H17NO2S. The van der Waals surface area contributed by atoms with Crippen LogP contribution < -0.4 is 0 Å². The van der Waals surface area contributed by atoms with Gasteiger partial charge in [-0.3, -0.25) is 0 Å². The summed E-state index contributed by atoms with van der Waals surface area (Å²) in [6.45, 7) is 7.66. The van der Waals surface area contributed by atoms with Gasteiger partial charge in [0.05, 0.1) is 6.26 Å². The summed E-state index contributed by atoms with van der Waals surface area (Å²) in [5.41, 5.74) is 0.128. The minimum Gasteiger partial charge on any atom is -0.213 e. The van der Waals surface area contributed by atoms with Gasteiger partial charge in [0.15, 0.2) is 0 Å². The van der Waals surface area contributed by atoms with Crippen LogP contribution >= 0.6 is 0 Å². The zero-order valence-corrected chi connectivity index (χ0v) is 8.98. The van der Waals surface area contributed by atoms with Gasteiger partial charge in [0.2, 0.25) is 10.0 Å². The van der Waals surface area contributed by atoms with Crippen LogP contribution in [0.15, 0.2) is 0 Å². The highest BCUT2D eigenvalue weighted by atomic mass is 32.2. The second-order valence-electron chi connectivity index (χ2n) is 4.45. The van der Waals surface area contributed by atoms with Crippen molar-refractivity contribution in [2.75, 3.05) is 19.3 Å². The highest BCUT2D eigenvalue weighted by Crippen LogP contribution is 2.35. The Morgan fingerprint density at radius 3 is 2.08 bits per heavy atom. The molecule has 0 amide bonds. The lowest BCUT2D eigenvalue weighted by Crippen LogP contribution is -2.29. The molecule has 1 aliphatic heterocycles. The van der Waals surface area contributed by atoms with Crippen molar-refractivity contribution in [1.82, 2.24) is 4.31 Å². The Labute approximate surface area is 74.8 Å². The fourth-order valence-electron chi connectivity index (χ4n) is 1.48. The van der Waals surface area contributed by atoms with Gasteiger partial charge in [0.1, 0.15) is 0 Å². The standard InChI is InChI=1S/C8H17NO2S/c1-7-5-9(12(4,10)11)6-8(7,2)3/h7H,5-6H2,1-4H3. The maximum Gasteiger partial charge on any atom is 0.211 e. The lowest BCUT2D eigenvalue weighted by atomic mass is 9.84. The van der Waals surface area contributed by atoms with Crippen molar-refractivity contribution in [2.45, 2.75) is 20.8 Å². The van der Waals surface area contributed by atoms with E-state index < -0.39 is 10.0 Å². The van der Waals surface area contributed by atoms with Crippen molar-refractivity contribution < 1.29 is 8.42 Å². The Hall–Kier alpha value is -0.0900. The van der Waals surface area contributed by atoms with Crippen molar-refractivity contribution >= 4 is 10.0 Å². The van der Waals surface area contributed by atoms with Crippen LogP contribution in [-0.2, 0) is 10.0 Å². The topological polar surface area (TPSA) is 37.4 Å². The van der Waals surface area contributed by atoms with Gasteiger partial charge >= 0.3 is 0 Å². The Kier molecular flexibility index (Phi) is 2.25. The molecule has 1 aliphatic rings. The van der Waals surface area contributed by atoms with Gasteiger partial charge in [-0.2, -0.15) is 0 Å². The Bertz CT molecular complexity index is 269. The normalized spacial score (nSPS) is 30.8. The lowest BCUT2D eigenvalue weighted by Gasteiger charge is -2.21. The van der Waals surface area contributed by atoms with Crippen molar-refractivity contribution in [3.05, 3.63) is 0 Å². The largest absolute Gasteiger partial charge is 0.213 e. The van der Waals surface area contributed by atoms with Gasteiger partial charge in [-0.1, -0.05) is 20.8 Å². The SMILES string of the molecule is CC1CN(S(C)(=O)=O)CC1(C)C. The number of hydrogen-bond acceptors (Lipinski definition) is 2. The minimum atomic E-state index is -2.97. The molecule has 3 nitrogen and oxygen atoms in total. The van der Waals surface area contributed by atoms with Crippen LogP contribution in [0.2, 0.25) is 0 Å². The van der Waals surface area contributed by atoms with Crippen molar-refractivity contribution in [1.29, 1.82) is 0 Å². The average Bonchev–Trinajstić information content (AvgIpc) is 2.06. The van der Waals surface area contributed by atoms with Crippen LogP contribution in [-0.4, -0.2) is 32.1 Å². The molecule has 1 heterocycles. The molecule has 0 saturated carbocycles. The van der Waals surface area contributed by atoms with Crippen molar-refractivity contribution in [2.24, 2.45) is 11.3 Å². The quantitative estimate of drug-likeness (QED) is 0.618. The van der Waals surface area contributed by atoms with Gasteiger partial charge in [0, 0.05) is 13.1 Å². The summed E-state index contributed by atoms with van der Waals surface area (Å²) in [5.74, 6) is 0.451. The average molecular weight is 191 g/mol. The number of sulfonamides is 1. The predicted octanol–water partition coefficient (Wildman–Crippen LogP) is 0.924. The van der Waals surface area contributed by atoms with Gasteiger partial charge in [-0.05, 0) is 11.3 Å². The first-order chi connectivity index (χ1) is 5.23. The molecule has 0 spiro atoms. The zero-order chi connectivity index (χ0) is 9.57. The molecule has 12 heavy (non-hydrogen) atoms. The maximum absolute atomic E-state index is 11.2. The van der Waals surface area contributed by atoms with E-state index in [9.17, 15) is 8.42 Å². The second kappa shape index (κ2) is 2.70. The molecule has 0 N–H and O–H groups in total. The Morgan fingerprint density at radius 1 is 1.42 bits per heavy atom. The summed E-state index contributed by atoms with van der Waals surface area (Å²) in [4.78, 5) is 0. The van der Waals surface area contributed by atoms with E-state index in [0.717, 1.165) is 0 Å². The van der Waals surface area contributed by atoms with Gasteiger partial charge in [0.25, 0.3) is 0 Å². The molecule has 1 unspecified atom stereocenters. The fraction of sp³-hybridized carbons (Fsp3) is 1.00. The third kappa shape index (κ3) is 1.80. The zero-order valence-electron chi connectivity index (χ0n) is 8.16. The highest BCUT2D eigenvalue weighted by molar-refractivity contribution is 7.88. The van der Waals surface area contributed by atoms with E-state index in [1.807, 2.05) is 0 Å². The van der Waals surface area contributed by atoms with Crippen LogP contribution in [0, 0.1) is 11.3 Å². The van der Waals surface area contributed by atoms with E-state index in [2.05, 4.69) is 20.8 Å². The first-order valence-corrected chi connectivity index (χ1v) is 6.03. The number of nitrogens with zero attached hydrogens (tertiary/aromatic N) is 1. The molecule has 4 heteroatoms. The smallest absolute Gasteiger partial charge is 0.211 e. The van der Waals surface area contributed by atoms with Crippen LogP contribution in [0.1, 0.15) is 20.8 Å². The predicted molar refractivity (Wildman–Crippen MR) is 49.4 cm³/mol. The molecule has 1 atom stereocenters. The van der Waals surface area contributed by atoms with Gasteiger partial charge in [-0.25, -0.2) is 12.7 Å². The molecule has 0 aromatic rings. The molecule has 1 saturated heterocycles. The van der Waals surface area contributed by atoms with E-state index in [1.54, 1.807) is 4.31 Å². The van der Waals surface area contributed by atoms with E-state index in [-0.39, 0.29) is 5.41 Å². The molecule has 0 aromatic carbocycles. The van der Waals surface area contributed by atoms with E-state index in [0.29, 0.717) is 19.0 Å². The molecular weight excluding hydrogens is 174 g/mol. The first kappa shape index (κ1) is 9.99. The summed E-state index contributed by atoms with van der Waals surface area (Å²) >= 11 is 0. The van der Waals surface area contributed by atoms with Crippen LogP contribution in [0.5, 0.6) is 0 Å². The third-order valence-electron chi connectivity index (χ3n) is 2.86. The van der Waals surface area contributed by atoms with Crippen molar-refractivity contribution in [3.63, 3.8) is 0 Å². The molecule has 0 aliphatic carbocycles. The summed E-state index contributed by atoms with van der Waals surface area (Å²) in [6, 6.07) is 0. The lowest BCUT2D eigenvalue weighted by molar-refractivity contribution is 0.306. The van der Waals surface area contributed by atoms with Crippen LogP contribution in [0.4, 0.5) is 0 Å². The van der Waals surface area contributed by atoms with E-state index >= 15 is 0 Å². The van der Waals surface area contributed by atoms with E-state index in [4.69, 9.17) is 0 Å². The Balaban J connectivity index is 2.81. The second-order valence-corrected chi connectivity index (χ2v) is 6.43. The maximum atomic E-state index is 11.2. The van der Waals surface area contributed by atoms with E-state index in [1.165, 1.54) is 6.26 Å². The van der Waals surface area contributed by atoms with Crippen LogP contribution in [0.3, 0.4) is 0 Å². The summed E-state index contributed by atoms with van der Waals surface area (Å²) < 4.78 is 24.0. The first-order valence-electron chi connectivity index (χ1n) is 4.18. The molecule has 0 radical (unpaired) electrons. The molecule has 0 aromatic heterocycles. The summed E-state index contributed by atoms with van der Waals surface area (Å²) in [7, 11) is -2.97. The molecule has 1 rings (SSSR count). The van der Waals surface area contributed by atoms with Gasteiger partial charge in [-0.15, -0.1) is 0 Å². The molecule has 1 fully saturated rings. The fourth-order valence-corrected chi connectivity index (χ4v) is 2.54. The number of rotatable bonds is 1. The third-order valence-corrected chi connectivity index (χ3v) is 4.08.